The van der Waals surface area contributed by atoms with E-state index < -0.39 is 0 Å². The van der Waals surface area contributed by atoms with Crippen LogP contribution in [0.25, 0.3) is 17.1 Å². The first-order valence-electron chi connectivity index (χ1n) is 11.7. The molecule has 0 saturated carbocycles. The SMILES string of the molecule is COc1ccccc1N1CCN(Cn2nc(-c3ccc(Cl)cc3)n(-c3ccccc3C)c2=S)CC1. The summed E-state index contributed by atoms with van der Waals surface area (Å²) >= 11 is 12.1. The Morgan fingerprint density at radius 3 is 2.23 bits per heavy atom. The number of aromatic nitrogens is 3. The molecule has 1 fully saturated rings. The Morgan fingerprint density at radius 1 is 0.886 bits per heavy atom. The number of rotatable bonds is 6. The maximum Gasteiger partial charge on any atom is 0.204 e. The maximum absolute atomic E-state index is 6.15. The Labute approximate surface area is 215 Å². The van der Waals surface area contributed by atoms with Crippen LogP contribution in [0.4, 0.5) is 5.69 Å². The van der Waals surface area contributed by atoms with Gasteiger partial charge in [0.25, 0.3) is 0 Å². The van der Waals surface area contributed by atoms with Crippen LogP contribution in [0.5, 0.6) is 5.75 Å². The highest BCUT2D eigenvalue weighted by Gasteiger charge is 2.22. The van der Waals surface area contributed by atoms with Gasteiger partial charge in [0.15, 0.2) is 5.82 Å². The molecule has 0 bridgehead atoms. The summed E-state index contributed by atoms with van der Waals surface area (Å²) < 4.78 is 10.2. The first-order chi connectivity index (χ1) is 17.0. The molecule has 8 heteroatoms. The number of methoxy groups -OCH3 is 1. The molecule has 0 radical (unpaired) electrons. The average Bonchev–Trinajstić information content (AvgIpc) is 3.20. The highest BCUT2D eigenvalue weighted by atomic mass is 35.5. The zero-order chi connectivity index (χ0) is 24.4. The van der Waals surface area contributed by atoms with Crippen molar-refractivity contribution in [2.75, 3.05) is 38.2 Å². The first kappa shape index (κ1) is 23.6. The van der Waals surface area contributed by atoms with Gasteiger partial charge in [0, 0.05) is 36.8 Å². The fourth-order valence-electron chi connectivity index (χ4n) is 4.53. The second-order valence-electron chi connectivity index (χ2n) is 8.65. The van der Waals surface area contributed by atoms with Gasteiger partial charge in [-0.05, 0) is 67.2 Å². The molecule has 0 unspecified atom stereocenters. The van der Waals surface area contributed by atoms with Crippen molar-refractivity contribution in [3.8, 4) is 22.8 Å². The summed E-state index contributed by atoms with van der Waals surface area (Å²) in [5, 5.41) is 5.68. The Morgan fingerprint density at radius 2 is 1.54 bits per heavy atom. The van der Waals surface area contributed by atoms with Crippen molar-refractivity contribution >= 4 is 29.5 Å². The lowest BCUT2D eigenvalue weighted by atomic mass is 10.1. The number of benzene rings is 3. The van der Waals surface area contributed by atoms with Crippen LogP contribution in [0.1, 0.15) is 5.56 Å². The van der Waals surface area contributed by atoms with Gasteiger partial charge in [0.1, 0.15) is 5.75 Å². The number of halogens is 1. The summed E-state index contributed by atoms with van der Waals surface area (Å²) in [4.78, 5) is 4.77. The summed E-state index contributed by atoms with van der Waals surface area (Å²) in [7, 11) is 1.72. The van der Waals surface area contributed by atoms with Crippen LogP contribution in [-0.4, -0.2) is 52.5 Å². The molecule has 2 heterocycles. The Bertz CT molecular complexity index is 1370. The minimum absolute atomic E-state index is 0.637. The molecule has 5 rings (SSSR count). The van der Waals surface area contributed by atoms with E-state index in [1.54, 1.807) is 7.11 Å². The van der Waals surface area contributed by atoms with Crippen molar-refractivity contribution < 1.29 is 4.74 Å². The van der Waals surface area contributed by atoms with Crippen molar-refractivity contribution in [3.63, 3.8) is 0 Å². The van der Waals surface area contributed by atoms with Crippen LogP contribution in [0.3, 0.4) is 0 Å². The predicted molar refractivity (Wildman–Crippen MR) is 144 cm³/mol. The van der Waals surface area contributed by atoms with Crippen molar-refractivity contribution in [2.45, 2.75) is 13.6 Å². The number of hydrogen-bond acceptors (Lipinski definition) is 5. The third kappa shape index (κ3) is 4.85. The van der Waals surface area contributed by atoms with Crippen LogP contribution < -0.4 is 9.64 Å². The number of aryl methyl sites for hydroxylation is 1. The van der Waals surface area contributed by atoms with Gasteiger partial charge in [-0.1, -0.05) is 41.9 Å². The maximum atomic E-state index is 6.15. The number of anilines is 1. The normalized spacial score (nSPS) is 14.3. The van der Waals surface area contributed by atoms with Gasteiger partial charge in [0.2, 0.25) is 4.77 Å². The highest BCUT2D eigenvalue weighted by Crippen LogP contribution is 2.29. The van der Waals surface area contributed by atoms with Gasteiger partial charge >= 0.3 is 0 Å². The Kier molecular flexibility index (Phi) is 6.90. The molecule has 3 aromatic carbocycles. The number of ether oxygens (including phenoxy) is 1. The minimum Gasteiger partial charge on any atom is -0.495 e. The van der Waals surface area contributed by atoms with Gasteiger partial charge in [-0.25, -0.2) is 4.68 Å². The summed E-state index contributed by atoms with van der Waals surface area (Å²) in [6, 6.07) is 24.2. The number of nitrogens with zero attached hydrogens (tertiary/aromatic N) is 5. The fourth-order valence-corrected chi connectivity index (χ4v) is 4.94. The lowest BCUT2D eigenvalue weighted by Gasteiger charge is -2.36. The van der Waals surface area contributed by atoms with Crippen LogP contribution in [0, 0.1) is 11.7 Å². The van der Waals surface area contributed by atoms with Crippen LogP contribution in [0.15, 0.2) is 72.8 Å². The van der Waals surface area contributed by atoms with Gasteiger partial charge in [0.05, 0.1) is 25.2 Å². The Balaban J connectivity index is 1.42. The lowest BCUT2D eigenvalue weighted by Crippen LogP contribution is -2.47. The number of hydrogen-bond donors (Lipinski definition) is 0. The van der Waals surface area contributed by atoms with Crippen LogP contribution >= 0.6 is 23.8 Å². The molecule has 1 aromatic heterocycles. The van der Waals surface area contributed by atoms with Crippen molar-refractivity contribution in [3.05, 3.63) is 88.2 Å². The van der Waals surface area contributed by atoms with Gasteiger partial charge in [-0.15, -0.1) is 5.10 Å². The minimum atomic E-state index is 0.637. The highest BCUT2D eigenvalue weighted by molar-refractivity contribution is 7.71. The van der Waals surface area contributed by atoms with Crippen molar-refractivity contribution in [2.24, 2.45) is 0 Å². The molecular weight excluding hydrogens is 478 g/mol. The summed E-state index contributed by atoms with van der Waals surface area (Å²) in [5.74, 6) is 1.72. The molecule has 1 aliphatic rings. The fraction of sp³-hybridized carbons (Fsp3) is 0.259. The average molecular weight is 506 g/mol. The monoisotopic (exact) mass is 505 g/mol. The first-order valence-corrected chi connectivity index (χ1v) is 12.5. The molecule has 35 heavy (non-hydrogen) atoms. The van der Waals surface area contributed by atoms with E-state index in [1.165, 1.54) is 0 Å². The van der Waals surface area contributed by atoms with Crippen molar-refractivity contribution in [1.82, 2.24) is 19.2 Å². The molecule has 180 valence electrons. The molecule has 0 amide bonds. The van der Waals surface area contributed by atoms with Gasteiger partial charge in [-0.3, -0.25) is 9.47 Å². The topological polar surface area (TPSA) is 38.5 Å². The summed E-state index contributed by atoms with van der Waals surface area (Å²) in [6.45, 7) is 6.38. The summed E-state index contributed by atoms with van der Waals surface area (Å²) in [5.41, 5.74) is 4.29. The molecule has 0 spiro atoms. The van der Waals surface area contributed by atoms with E-state index in [9.17, 15) is 0 Å². The van der Waals surface area contributed by atoms with Gasteiger partial charge < -0.3 is 9.64 Å². The van der Waals surface area contributed by atoms with E-state index in [0.717, 1.165) is 60.3 Å². The summed E-state index contributed by atoms with van der Waals surface area (Å²) in [6.07, 6.45) is 0. The molecule has 1 saturated heterocycles. The van der Waals surface area contributed by atoms with Crippen molar-refractivity contribution in [1.29, 1.82) is 0 Å². The van der Waals surface area contributed by atoms with E-state index in [0.29, 0.717) is 16.5 Å². The molecule has 0 aliphatic carbocycles. The van der Waals surface area contributed by atoms with E-state index >= 15 is 0 Å². The quantitative estimate of drug-likeness (QED) is 0.309. The largest absolute Gasteiger partial charge is 0.495 e. The predicted octanol–water partition coefficient (Wildman–Crippen LogP) is 5.82. The van der Waals surface area contributed by atoms with Crippen LogP contribution in [-0.2, 0) is 6.67 Å². The molecule has 0 atom stereocenters. The molecule has 4 aromatic rings. The smallest absolute Gasteiger partial charge is 0.204 e. The van der Waals surface area contributed by atoms with Crippen LogP contribution in [0.2, 0.25) is 5.02 Å². The van der Waals surface area contributed by atoms with E-state index in [1.807, 2.05) is 53.2 Å². The molecule has 6 nitrogen and oxygen atoms in total. The third-order valence-electron chi connectivity index (χ3n) is 6.43. The molecule has 1 aliphatic heterocycles. The Hall–Kier alpha value is -3.13. The van der Waals surface area contributed by atoms with E-state index in [2.05, 4.69) is 45.6 Å². The number of para-hydroxylation sites is 3. The molecular formula is C27H28ClN5OS. The second kappa shape index (κ2) is 10.2. The standard InChI is InChI=1S/C27H28ClN5OS/c1-20-7-3-4-8-23(20)33-26(21-11-13-22(28)14-12-21)29-32(27(33)35)19-30-15-17-31(18-16-30)24-9-5-6-10-25(24)34-2/h3-14H,15-19H2,1-2H3. The zero-order valence-electron chi connectivity index (χ0n) is 19.9. The third-order valence-corrected chi connectivity index (χ3v) is 7.08. The zero-order valence-corrected chi connectivity index (χ0v) is 21.5. The second-order valence-corrected chi connectivity index (χ2v) is 9.45. The van der Waals surface area contributed by atoms with Gasteiger partial charge in [-0.2, -0.15) is 0 Å². The van der Waals surface area contributed by atoms with E-state index in [-0.39, 0.29) is 0 Å². The lowest BCUT2D eigenvalue weighted by molar-refractivity contribution is 0.194. The molecule has 0 N–H and O–H groups in total. The number of piperazine rings is 1. The van der Waals surface area contributed by atoms with E-state index in [4.69, 9.17) is 33.7 Å².